The number of rotatable bonds is 2. The molecule has 1 saturated heterocycles. The van der Waals surface area contributed by atoms with Crippen LogP contribution >= 0.6 is 11.6 Å². The van der Waals surface area contributed by atoms with Gasteiger partial charge in [0.2, 0.25) is 0 Å². The quantitative estimate of drug-likeness (QED) is 0.702. The first-order valence-electron chi connectivity index (χ1n) is 5.46. The number of anilines is 1. The van der Waals surface area contributed by atoms with Crippen LogP contribution in [-0.2, 0) is 0 Å². The average molecular weight is 256 g/mol. The Morgan fingerprint density at radius 1 is 1.59 bits per heavy atom. The van der Waals surface area contributed by atoms with Crippen LogP contribution in [0.25, 0.3) is 0 Å². The average Bonchev–Trinajstić information content (AvgIpc) is 2.34. The van der Waals surface area contributed by atoms with Gasteiger partial charge in [0.1, 0.15) is 17.2 Å². The molecule has 4 N–H and O–H groups in total. The first kappa shape index (κ1) is 12.1. The molecule has 1 aliphatic heterocycles. The maximum Gasteiger partial charge on any atom is 0.271 e. The zero-order valence-electron chi connectivity index (χ0n) is 9.24. The summed E-state index contributed by atoms with van der Waals surface area (Å²) in [4.78, 5) is 19.5. The molecule has 7 heteroatoms. The number of halogens is 1. The van der Waals surface area contributed by atoms with Gasteiger partial charge in [-0.15, -0.1) is 0 Å². The van der Waals surface area contributed by atoms with E-state index in [9.17, 15) is 4.79 Å². The molecular weight excluding hydrogens is 242 g/mol. The van der Waals surface area contributed by atoms with Crippen LogP contribution in [0.3, 0.4) is 0 Å². The second-order valence-corrected chi connectivity index (χ2v) is 4.32. The first-order valence-corrected chi connectivity index (χ1v) is 5.84. The van der Waals surface area contributed by atoms with E-state index in [0.29, 0.717) is 0 Å². The van der Waals surface area contributed by atoms with Crippen molar-refractivity contribution in [3.05, 3.63) is 17.0 Å². The number of piperidine rings is 1. The Labute approximate surface area is 104 Å². The van der Waals surface area contributed by atoms with Crippen molar-refractivity contribution in [3.8, 4) is 0 Å². The molecule has 0 spiro atoms. The maximum absolute atomic E-state index is 11.9. The summed E-state index contributed by atoms with van der Waals surface area (Å²) in [5, 5.41) is 6.19. The molecule has 0 saturated carbocycles. The van der Waals surface area contributed by atoms with Crippen LogP contribution in [0.1, 0.15) is 23.3 Å². The lowest BCUT2D eigenvalue weighted by molar-refractivity contribution is 0.0925. The Bertz CT molecular complexity index is 419. The predicted molar refractivity (Wildman–Crippen MR) is 64.8 cm³/mol. The molecule has 6 nitrogen and oxygen atoms in total. The lowest BCUT2D eigenvalue weighted by Crippen LogP contribution is -2.45. The van der Waals surface area contributed by atoms with Gasteiger partial charge in [0, 0.05) is 12.6 Å². The van der Waals surface area contributed by atoms with E-state index in [2.05, 4.69) is 20.6 Å². The summed E-state index contributed by atoms with van der Waals surface area (Å²) in [6.45, 7) is 1.76. The van der Waals surface area contributed by atoms with Crippen LogP contribution in [-0.4, -0.2) is 35.0 Å². The van der Waals surface area contributed by atoms with E-state index in [1.54, 1.807) is 0 Å². The van der Waals surface area contributed by atoms with Crippen LogP contribution < -0.4 is 16.4 Å². The minimum absolute atomic E-state index is 0.105. The van der Waals surface area contributed by atoms with Gasteiger partial charge in [-0.3, -0.25) is 4.79 Å². The summed E-state index contributed by atoms with van der Waals surface area (Å²) in [6.07, 6.45) is 3.23. The highest BCUT2D eigenvalue weighted by Crippen LogP contribution is 2.18. The number of nitrogen functional groups attached to an aromatic ring is 1. The standard InChI is InChI=1S/C10H14ClN5O/c11-7-8(14-5-15-9(7)12)10(17)16-6-2-1-3-13-4-6/h5-6,13H,1-4H2,(H,16,17)(H2,12,14,15). The summed E-state index contributed by atoms with van der Waals surface area (Å²) in [7, 11) is 0. The predicted octanol–water partition coefficient (Wildman–Crippen LogP) is 0.194. The van der Waals surface area contributed by atoms with Gasteiger partial charge in [-0.1, -0.05) is 11.6 Å². The summed E-state index contributed by atoms with van der Waals surface area (Å²) < 4.78 is 0. The molecule has 1 atom stereocenters. The molecule has 0 bridgehead atoms. The second-order valence-electron chi connectivity index (χ2n) is 3.94. The van der Waals surface area contributed by atoms with Crippen molar-refractivity contribution in [3.63, 3.8) is 0 Å². The van der Waals surface area contributed by atoms with Crippen LogP contribution in [0.5, 0.6) is 0 Å². The molecular formula is C10H14ClN5O. The number of carbonyl (C=O) groups is 1. The number of hydrogen-bond acceptors (Lipinski definition) is 5. The van der Waals surface area contributed by atoms with Crippen molar-refractivity contribution in [1.29, 1.82) is 0 Å². The van der Waals surface area contributed by atoms with E-state index in [4.69, 9.17) is 17.3 Å². The number of aromatic nitrogens is 2. The number of nitrogens with one attached hydrogen (secondary N) is 2. The van der Waals surface area contributed by atoms with E-state index in [1.165, 1.54) is 6.33 Å². The lowest BCUT2D eigenvalue weighted by Gasteiger charge is -2.23. The molecule has 1 aromatic rings. The summed E-state index contributed by atoms with van der Waals surface area (Å²) in [5.74, 6) is -0.189. The van der Waals surface area contributed by atoms with Gasteiger partial charge in [0.25, 0.3) is 5.91 Å². The highest BCUT2D eigenvalue weighted by Gasteiger charge is 2.20. The summed E-state index contributed by atoms with van der Waals surface area (Å²) in [5.41, 5.74) is 5.65. The van der Waals surface area contributed by atoms with Gasteiger partial charge in [0.15, 0.2) is 5.69 Å². The molecule has 1 amide bonds. The lowest BCUT2D eigenvalue weighted by atomic mass is 10.1. The summed E-state index contributed by atoms with van der Waals surface area (Å²) >= 11 is 5.88. The molecule has 2 rings (SSSR count). The number of amides is 1. The van der Waals surface area contributed by atoms with Gasteiger partial charge in [-0.2, -0.15) is 0 Å². The van der Waals surface area contributed by atoms with Gasteiger partial charge < -0.3 is 16.4 Å². The van der Waals surface area contributed by atoms with E-state index in [1.807, 2.05) is 0 Å². The molecule has 0 aromatic carbocycles. The Morgan fingerprint density at radius 2 is 2.41 bits per heavy atom. The normalized spacial score (nSPS) is 19.9. The molecule has 92 valence electrons. The fourth-order valence-corrected chi connectivity index (χ4v) is 1.95. The van der Waals surface area contributed by atoms with Gasteiger partial charge >= 0.3 is 0 Å². The summed E-state index contributed by atoms with van der Waals surface area (Å²) in [6, 6.07) is 0.114. The molecule has 1 fully saturated rings. The topological polar surface area (TPSA) is 92.9 Å². The zero-order chi connectivity index (χ0) is 12.3. The van der Waals surface area contributed by atoms with Crippen molar-refractivity contribution < 1.29 is 4.79 Å². The molecule has 17 heavy (non-hydrogen) atoms. The highest BCUT2D eigenvalue weighted by molar-refractivity contribution is 6.35. The third-order valence-electron chi connectivity index (χ3n) is 2.66. The van der Waals surface area contributed by atoms with E-state index < -0.39 is 0 Å². The van der Waals surface area contributed by atoms with Crippen molar-refractivity contribution in [2.75, 3.05) is 18.8 Å². The Hall–Kier alpha value is -1.40. The van der Waals surface area contributed by atoms with Crippen molar-refractivity contribution in [2.24, 2.45) is 0 Å². The Morgan fingerprint density at radius 3 is 3.12 bits per heavy atom. The molecule has 1 aromatic heterocycles. The minimum atomic E-state index is -0.308. The smallest absolute Gasteiger partial charge is 0.271 e. The molecule has 1 aliphatic rings. The maximum atomic E-state index is 11.9. The van der Waals surface area contributed by atoms with Crippen molar-refractivity contribution >= 4 is 23.3 Å². The van der Waals surface area contributed by atoms with E-state index >= 15 is 0 Å². The molecule has 2 heterocycles. The van der Waals surface area contributed by atoms with Gasteiger partial charge in [0.05, 0.1) is 0 Å². The monoisotopic (exact) mass is 255 g/mol. The van der Waals surface area contributed by atoms with E-state index in [-0.39, 0.29) is 28.5 Å². The van der Waals surface area contributed by atoms with Crippen LogP contribution in [0.15, 0.2) is 6.33 Å². The minimum Gasteiger partial charge on any atom is -0.382 e. The third kappa shape index (κ3) is 2.83. The number of hydrogen-bond donors (Lipinski definition) is 3. The molecule has 0 aliphatic carbocycles. The molecule has 0 radical (unpaired) electrons. The van der Waals surface area contributed by atoms with Crippen LogP contribution in [0.4, 0.5) is 5.82 Å². The fraction of sp³-hybridized carbons (Fsp3) is 0.500. The Balaban J connectivity index is 2.06. The number of nitrogens with zero attached hydrogens (tertiary/aromatic N) is 2. The number of carbonyl (C=O) groups excluding carboxylic acids is 1. The SMILES string of the molecule is Nc1ncnc(C(=O)NC2CCCNC2)c1Cl. The van der Waals surface area contributed by atoms with Crippen molar-refractivity contribution in [2.45, 2.75) is 18.9 Å². The largest absolute Gasteiger partial charge is 0.382 e. The van der Waals surface area contributed by atoms with Gasteiger partial charge in [-0.05, 0) is 19.4 Å². The second kappa shape index (κ2) is 5.29. The third-order valence-corrected chi connectivity index (χ3v) is 3.04. The van der Waals surface area contributed by atoms with Gasteiger partial charge in [-0.25, -0.2) is 9.97 Å². The van der Waals surface area contributed by atoms with Crippen LogP contribution in [0.2, 0.25) is 5.02 Å². The first-order chi connectivity index (χ1) is 8.18. The van der Waals surface area contributed by atoms with E-state index in [0.717, 1.165) is 25.9 Å². The zero-order valence-corrected chi connectivity index (χ0v) is 10.00. The fourth-order valence-electron chi connectivity index (χ4n) is 1.77. The number of nitrogens with two attached hydrogens (primary N) is 1. The molecule has 1 unspecified atom stereocenters. The van der Waals surface area contributed by atoms with Crippen LogP contribution in [0, 0.1) is 0 Å². The Kier molecular flexibility index (Phi) is 3.75. The highest BCUT2D eigenvalue weighted by atomic mass is 35.5. The van der Waals surface area contributed by atoms with Crippen molar-refractivity contribution in [1.82, 2.24) is 20.6 Å².